The minimum atomic E-state index is -3.00. The van der Waals surface area contributed by atoms with E-state index in [2.05, 4.69) is 10.1 Å². The highest BCUT2D eigenvalue weighted by atomic mass is 19.3. The molecule has 0 bridgehead atoms. The van der Waals surface area contributed by atoms with Gasteiger partial charge in [0, 0.05) is 5.69 Å². The lowest BCUT2D eigenvalue weighted by atomic mass is 10.1. The van der Waals surface area contributed by atoms with E-state index in [4.69, 9.17) is 9.47 Å². The highest BCUT2D eigenvalue weighted by Crippen LogP contribution is 2.30. The predicted molar refractivity (Wildman–Crippen MR) is 115 cm³/mol. The predicted octanol–water partition coefficient (Wildman–Crippen LogP) is 5.63. The molecule has 0 atom stereocenters. The van der Waals surface area contributed by atoms with Crippen LogP contribution in [0.1, 0.15) is 5.56 Å². The minimum Gasteiger partial charge on any atom is -0.493 e. The summed E-state index contributed by atoms with van der Waals surface area (Å²) in [5, 5.41) is 12.0. The number of anilines is 1. The van der Waals surface area contributed by atoms with Crippen LogP contribution < -0.4 is 19.5 Å². The van der Waals surface area contributed by atoms with Gasteiger partial charge in [-0.2, -0.15) is 14.0 Å². The van der Waals surface area contributed by atoms with Crippen LogP contribution in [0.4, 0.5) is 14.5 Å². The summed E-state index contributed by atoms with van der Waals surface area (Å²) in [4.78, 5) is 12.5. The maximum Gasteiger partial charge on any atom is 0.387 e. The molecule has 0 saturated heterocycles. The summed E-state index contributed by atoms with van der Waals surface area (Å²) < 4.78 is 40.0. The molecule has 32 heavy (non-hydrogen) atoms. The van der Waals surface area contributed by atoms with Crippen molar-refractivity contribution in [3.63, 3.8) is 0 Å². The summed E-state index contributed by atoms with van der Waals surface area (Å²) in [6, 6.07) is 21.8. The van der Waals surface area contributed by atoms with Crippen molar-refractivity contribution < 1.29 is 27.8 Å². The second-order valence-electron chi connectivity index (χ2n) is 6.35. The molecular weight excluding hydrogens is 418 g/mol. The lowest BCUT2D eigenvalue weighted by Crippen LogP contribution is -2.13. The Morgan fingerprint density at radius 2 is 1.69 bits per heavy atom. The van der Waals surface area contributed by atoms with E-state index < -0.39 is 12.5 Å². The van der Waals surface area contributed by atoms with Crippen LogP contribution in [0.2, 0.25) is 0 Å². The fourth-order valence-electron chi connectivity index (χ4n) is 2.71. The van der Waals surface area contributed by atoms with Crippen molar-refractivity contribution >= 4 is 17.7 Å². The number of carbonyl (C=O) groups is 1. The maximum absolute atomic E-state index is 12.5. The third kappa shape index (κ3) is 6.06. The van der Waals surface area contributed by atoms with Crippen LogP contribution in [0.25, 0.3) is 6.08 Å². The van der Waals surface area contributed by atoms with E-state index in [0.717, 1.165) is 0 Å². The second kappa shape index (κ2) is 10.6. The van der Waals surface area contributed by atoms with Crippen molar-refractivity contribution in [2.45, 2.75) is 6.61 Å². The van der Waals surface area contributed by atoms with Crippen LogP contribution in [-0.4, -0.2) is 19.6 Å². The molecule has 1 N–H and O–H groups in total. The van der Waals surface area contributed by atoms with Crippen molar-refractivity contribution in [2.75, 3.05) is 12.4 Å². The lowest BCUT2D eigenvalue weighted by molar-refractivity contribution is -0.112. The van der Waals surface area contributed by atoms with E-state index in [-0.39, 0.29) is 17.1 Å². The van der Waals surface area contributed by atoms with Gasteiger partial charge < -0.3 is 19.5 Å². The molecule has 0 radical (unpaired) electrons. The SMILES string of the molecule is COc1cc(C=C(C#N)C(=O)Nc2ccc(Oc3ccccc3)cc2)ccc1OC(F)F. The van der Waals surface area contributed by atoms with Crippen LogP contribution in [0, 0.1) is 11.3 Å². The van der Waals surface area contributed by atoms with Crippen molar-refractivity contribution in [3.8, 4) is 29.1 Å². The molecule has 0 heterocycles. The van der Waals surface area contributed by atoms with E-state index in [0.29, 0.717) is 22.7 Å². The van der Waals surface area contributed by atoms with Gasteiger partial charge in [0.15, 0.2) is 11.5 Å². The monoisotopic (exact) mass is 436 g/mol. The summed E-state index contributed by atoms with van der Waals surface area (Å²) in [7, 11) is 1.30. The fraction of sp³-hybridized carbons (Fsp3) is 0.0833. The van der Waals surface area contributed by atoms with Crippen molar-refractivity contribution in [2.24, 2.45) is 0 Å². The van der Waals surface area contributed by atoms with Gasteiger partial charge in [-0.05, 0) is 60.2 Å². The molecule has 3 aromatic carbocycles. The van der Waals surface area contributed by atoms with Gasteiger partial charge in [0.25, 0.3) is 5.91 Å². The van der Waals surface area contributed by atoms with Gasteiger partial charge in [0.2, 0.25) is 0 Å². The standard InChI is InChI=1S/C24H18F2N2O4/c1-30-22-14-16(7-12-21(22)32-24(25)26)13-17(15-27)23(29)28-18-8-10-20(11-9-18)31-19-5-3-2-4-6-19/h2-14,24H,1H3,(H,28,29). The number of benzene rings is 3. The number of alkyl halides is 2. The van der Waals surface area contributed by atoms with Gasteiger partial charge in [0.1, 0.15) is 23.1 Å². The molecule has 0 saturated carbocycles. The number of halogens is 2. The summed E-state index contributed by atoms with van der Waals surface area (Å²) in [5.74, 6) is 0.533. The molecule has 1 amide bonds. The van der Waals surface area contributed by atoms with Crippen molar-refractivity contribution in [3.05, 3.63) is 83.9 Å². The lowest BCUT2D eigenvalue weighted by Gasteiger charge is -2.10. The first-order valence-corrected chi connectivity index (χ1v) is 9.37. The first-order chi connectivity index (χ1) is 15.5. The number of nitriles is 1. The average molecular weight is 436 g/mol. The summed E-state index contributed by atoms with van der Waals surface area (Å²) >= 11 is 0. The topological polar surface area (TPSA) is 80.6 Å². The van der Waals surface area contributed by atoms with E-state index in [1.54, 1.807) is 24.3 Å². The number of hydrogen-bond donors (Lipinski definition) is 1. The van der Waals surface area contributed by atoms with Crippen LogP contribution in [0.15, 0.2) is 78.4 Å². The maximum atomic E-state index is 12.5. The van der Waals surface area contributed by atoms with Gasteiger partial charge in [-0.3, -0.25) is 4.79 Å². The van der Waals surface area contributed by atoms with Crippen LogP contribution in [-0.2, 0) is 4.79 Å². The zero-order valence-corrected chi connectivity index (χ0v) is 16.9. The molecule has 0 aliphatic carbocycles. The Kier molecular flexibility index (Phi) is 7.38. The van der Waals surface area contributed by atoms with Crippen LogP contribution in [0.3, 0.4) is 0 Å². The third-order valence-corrected chi connectivity index (χ3v) is 4.17. The Hall–Kier alpha value is -4.38. The number of methoxy groups -OCH3 is 1. The average Bonchev–Trinajstić information content (AvgIpc) is 2.79. The van der Waals surface area contributed by atoms with Gasteiger partial charge in [-0.1, -0.05) is 24.3 Å². The molecule has 0 unspecified atom stereocenters. The quantitative estimate of drug-likeness (QED) is 0.365. The molecule has 6 nitrogen and oxygen atoms in total. The first kappa shape index (κ1) is 22.3. The largest absolute Gasteiger partial charge is 0.493 e. The number of ether oxygens (including phenoxy) is 3. The van der Waals surface area contributed by atoms with Crippen molar-refractivity contribution in [1.82, 2.24) is 0 Å². The van der Waals surface area contributed by atoms with Crippen molar-refractivity contribution in [1.29, 1.82) is 5.26 Å². The van der Waals surface area contributed by atoms with Gasteiger partial charge >= 0.3 is 6.61 Å². The number of hydrogen-bond acceptors (Lipinski definition) is 5. The Morgan fingerprint density at radius 1 is 1.00 bits per heavy atom. The molecule has 0 fully saturated rings. The summed E-state index contributed by atoms with van der Waals surface area (Å²) in [6.45, 7) is -3.00. The van der Waals surface area contributed by atoms with E-state index in [9.17, 15) is 18.8 Å². The number of nitrogens with one attached hydrogen (secondary N) is 1. The fourth-order valence-corrected chi connectivity index (χ4v) is 2.71. The van der Waals surface area contributed by atoms with E-state index >= 15 is 0 Å². The Balaban J connectivity index is 1.70. The normalized spacial score (nSPS) is 10.9. The molecule has 0 spiro atoms. The van der Waals surface area contributed by atoms with E-state index in [1.807, 2.05) is 36.4 Å². The summed E-state index contributed by atoms with van der Waals surface area (Å²) in [5.41, 5.74) is 0.691. The smallest absolute Gasteiger partial charge is 0.387 e. The van der Waals surface area contributed by atoms with Gasteiger partial charge in [0.05, 0.1) is 7.11 Å². The summed E-state index contributed by atoms with van der Waals surface area (Å²) in [6.07, 6.45) is 1.32. The zero-order valence-electron chi connectivity index (χ0n) is 16.9. The van der Waals surface area contributed by atoms with Gasteiger partial charge in [-0.15, -0.1) is 0 Å². The highest BCUT2D eigenvalue weighted by molar-refractivity contribution is 6.09. The zero-order chi connectivity index (χ0) is 22.9. The number of nitrogens with zero attached hydrogens (tertiary/aromatic N) is 1. The highest BCUT2D eigenvalue weighted by Gasteiger charge is 2.13. The van der Waals surface area contributed by atoms with E-state index in [1.165, 1.54) is 31.4 Å². The Labute approximate surface area is 183 Å². The molecule has 0 aromatic heterocycles. The van der Waals surface area contributed by atoms with Crippen LogP contribution >= 0.6 is 0 Å². The molecule has 3 aromatic rings. The third-order valence-electron chi connectivity index (χ3n) is 4.17. The molecule has 3 rings (SSSR count). The number of carbonyl (C=O) groups excluding carboxylic acids is 1. The second-order valence-corrected chi connectivity index (χ2v) is 6.35. The Morgan fingerprint density at radius 3 is 2.31 bits per heavy atom. The Bertz CT molecular complexity index is 1140. The van der Waals surface area contributed by atoms with Crippen LogP contribution in [0.5, 0.6) is 23.0 Å². The van der Waals surface area contributed by atoms with Gasteiger partial charge in [-0.25, -0.2) is 0 Å². The molecular formula is C24H18F2N2O4. The molecule has 8 heteroatoms. The number of rotatable bonds is 8. The minimum absolute atomic E-state index is 0.0470. The molecule has 0 aliphatic rings. The molecule has 0 aliphatic heterocycles. The first-order valence-electron chi connectivity index (χ1n) is 9.37. The number of para-hydroxylation sites is 1. The molecule has 162 valence electrons. The number of amides is 1.